The predicted octanol–water partition coefficient (Wildman–Crippen LogP) is 2.20. The highest BCUT2D eigenvalue weighted by molar-refractivity contribution is 5.98. The van der Waals surface area contributed by atoms with Crippen molar-refractivity contribution in [3.05, 3.63) is 58.1 Å². The van der Waals surface area contributed by atoms with Crippen molar-refractivity contribution in [2.24, 2.45) is 5.92 Å². The Labute approximate surface area is 186 Å². The lowest BCUT2D eigenvalue weighted by atomic mass is 9.83. The molecule has 3 aromatic rings. The molecule has 168 valence electrons. The van der Waals surface area contributed by atoms with Crippen LogP contribution in [0.15, 0.2) is 41.2 Å². The summed E-state index contributed by atoms with van der Waals surface area (Å²) in [5.41, 5.74) is 2.59. The number of rotatable bonds is 6. The Balaban J connectivity index is 1.21. The Morgan fingerprint density at radius 3 is 2.75 bits per heavy atom. The fourth-order valence-corrected chi connectivity index (χ4v) is 5.18. The molecule has 0 saturated carbocycles. The Bertz CT molecular complexity index is 1170. The number of carbonyl (C=O) groups is 1. The minimum absolute atomic E-state index is 0.103. The van der Waals surface area contributed by atoms with Gasteiger partial charge in [-0.25, -0.2) is 0 Å². The number of benzene rings is 1. The molecule has 0 spiro atoms. The largest absolute Gasteiger partial charge is 0.493 e. The first-order valence-corrected chi connectivity index (χ1v) is 11.0. The van der Waals surface area contributed by atoms with Gasteiger partial charge in [-0.2, -0.15) is 0 Å². The molecule has 1 aromatic carbocycles. The van der Waals surface area contributed by atoms with Gasteiger partial charge in [-0.3, -0.25) is 9.59 Å². The van der Waals surface area contributed by atoms with Crippen molar-refractivity contribution in [3.8, 4) is 11.5 Å². The van der Waals surface area contributed by atoms with Crippen LogP contribution in [-0.4, -0.2) is 60.8 Å². The monoisotopic (exact) mass is 436 g/mol. The van der Waals surface area contributed by atoms with E-state index in [1.165, 1.54) is 0 Å². The molecule has 2 bridgehead atoms. The number of piperidine rings is 1. The van der Waals surface area contributed by atoms with E-state index < -0.39 is 0 Å². The first-order chi connectivity index (χ1) is 15.6. The molecule has 32 heavy (non-hydrogen) atoms. The molecular weight excluding hydrogens is 408 g/mol. The summed E-state index contributed by atoms with van der Waals surface area (Å²) in [6, 6.07) is 11.1. The number of H-pyrrole nitrogens is 1. The molecule has 2 aliphatic rings. The predicted molar refractivity (Wildman–Crippen MR) is 122 cm³/mol. The van der Waals surface area contributed by atoms with Crippen molar-refractivity contribution in [3.63, 3.8) is 0 Å². The van der Waals surface area contributed by atoms with Crippen molar-refractivity contribution < 1.29 is 14.3 Å². The number of nitrogens with one attached hydrogen (secondary N) is 2. The maximum atomic E-state index is 12.7. The van der Waals surface area contributed by atoms with Crippen LogP contribution < -0.4 is 20.3 Å². The summed E-state index contributed by atoms with van der Waals surface area (Å²) >= 11 is 0. The minimum atomic E-state index is -0.131. The molecule has 8 heteroatoms. The molecule has 1 fully saturated rings. The number of carbonyl (C=O) groups excluding carboxylic acids is 1. The number of hydrogen-bond donors (Lipinski definition) is 2. The lowest BCUT2D eigenvalue weighted by Gasteiger charge is -2.42. The number of hydrogen-bond acceptors (Lipinski definition) is 5. The molecule has 2 unspecified atom stereocenters. The van der Waals surface area contributed by atoms with E-state index in [2.05, 4.69) is 21.3 Å². The maximum Gasteiger partial charge on any atom is 0.267 e. The van der Waals surface area contributed by atoms with Gasteiger partial charge in [0, 0.05) is 67.4 Å². The first kappa shape index (κ1) is 20.6. The van der Waals surface area contributed by atoms with Gasteiger partial charge in [0.05, 0.1) is 14.2 Å². The Morgan fingerprint density at radius 2 is 1.94 bits per heavy atom. The molecule has 1 saturated heterocycles. The van der Waals surface area contributed by atoms with E-state index in [0.29, 0.717) is 35.6 Å². The summed E-state index contributed by atoms with van der Waals surface area (Å²) in [5, 5.41) is 3.92. The maximum absolute atomic E-state index is 12.7. The highest BCUT2D eigenvalue weighted by Crippen LogP contribution is 2.35. The second-order valence-electron chi connectivity index (χ2n) is 8.69. The van der Waals surface area contributed by atoms with Gasteiger partial charge in [0.15, 0.2) is 11.5 Å². The zero-order valence-corrected chi connectivity index (χ0v) is 18.4. The number of ether oxygens (including phenoxy) is 2. The standard InChI is InChI=1S/C24H28N4O4/c1-31-21-10-16-9-19(26-18(16)11-22(21)32-2)24(30)25-6-7-27-12-15-8-17(14-27)20-4-3-5-23(29)28(20)13-15/h3-5,9-11,15,17,26H,6-8,12-14H2,1-2H3,(H,25,30). The summed E-state index contributed by atoms with van der Waals surface area (Å²) in [6.45, 7) is 4.02. The summed E-state index contributed by atoms with van der Waals surface area (Å²) in [4.78, 5) is 30.4. The number of amides is 1. The average molecular weight is 437 g/mol. The summed E-state index contributed by atoms with van der Waals surface area (Å²) in [6.07, 6.45) is 1.13. The molecular formula is C24H28N4O4. The Hall–Kier alpha value is -3.26. The second kappa shape index (κ2) is 8.35. The van der Waals surface area contributed by atoms with Crippen LogP contribution in [-0.2, 0) is 6.54 Å². The van der Waals surface area contributed by atoms with E-state index in [-0.39, 0.29) is 11.5 Å². The van der Waals surface area contributed by atoms with E-state index >= 15 is 0 Å². The molecule has 2 N–H and O–H groups in total. The number of likely N-dealkylation sites (tertiary alicyclic amines) is 1. The van der Waals surface area contributed by atoms with E-state index in [9.17, 15) is 9.59 Å². The van der Waals surface area contributed by atoms with Crippen molar-refractivity contribution in [1.82, 2.24) is 19.8 Å². The third-order valence-corrected chi connectivity index (χ3v) is 6.64. The van der Waals surface area contributed by atoms with Gasteiger partial charge in [0.25, 0.3) is 11.5 Å². The zero-order valence-electron chi connectivity index (χ0n) is 18.4. The molecule has 4 heterocycles. The molecule has 5 rings (SSSR count). The number of nitrogens with zero attached hydrogens (tertiary/aromatic N) is 2. The smallest absolute Gasteiger partial charge is 0.267 e. The molecule has 1 amide bonds. The van der Waals surface area contributed by atoms with Gasteiger partial charge in [0.2, 0.25) is 0 Å². The summed E-state index contributed by atoms with van der Waals surface area (Å²) in [7, 11) is 3.18. The van der Waals surface area contributed by atoms with Crippen molar-refractivity contribution >= 4 is 16.8 Å². The second-order valence-corrected chi connectivity index (χ2v) is 8.69. The van der Waals surface area contributed by atoms with Crippen LogP contribution in [0.4, 0.5) is 0 Å². The zero-order chi connectivity index (χ0) is 22.2. The molecule has 2 aliphatic heterocycles. The topological polar surface area (TPSA) is 88.6 Å². The quantitative estimate of drug-likeness (QED) is 0.619. The van der Waals surface area contributed by atoms with Gasteiger partial charge in [-0.15, -0.1) is 0 Å². The van der Waals surface area contributed by atoms with Crippen LogP contribution in [0.5, 0.6) is 11.5 Å². The van der Waals surface area contributed by atoms with Crippen molar-refractivity contribution in [2.45, 2.75) is 18.9 Å². The van der Waals surface area contributed by atoms with E-state index in [1.807, 2.05) is 28.8 Å². The third-order valence-electron chi connectivity index (χ3n) is 6.64. The minimum Gasteiger partial charge on any atom is -0.493 e. The van der Waals surface area contributed by atoms with E-state index in [1.54, 1.807) is 20.3 Å². The molecule has 2 aromatic heterocycles. The van der Waals surface area contributed by atoms with Gasteiger partial charge >= 0.3 is 0 Å². The molecule has 0 aliphatic carbocycles. The van der Waals surface area contributed by atoms with Gasteiger partial charge in [-0.05, 0) is 30.5 Å². The molecule has 0 radical (unpaired) electrons. The molecule has 8 nitrogen and oxygen atoms in total. The van der Waals surface area contributed by atoms with Gasteiger partial charge < -0.3 is 29.2 Å². The third kappa shape index (κ3) is 3.75. The van der Waals surface area contributed by atoms with E-state index in [0.717, 1.165) is 49.2 Å². The van der Waals surface area contributed by atoms with Gasteiger partial charge in [-0.1, -0.05) is 6.07 Å². The van der Waals surface area contributed by atoms with Crippen LogP contribution in [0.3, 0.4) is 0 Å². The van der Waals surface area contributed by atoms with Crippen LogP contribution in [0.1, 0.15) is 28.5 Å². The Morgan fingerprint density at radius 1 is 1.12 bits per heavy atom. The number of aromatic nitrogens is 2. The molecule has 2 atom stereocenters. The average Bonchev–Trinajstić information content (AvgIpc) is 3.22. The van der Waals surface area contributed by atoms with Crippen LogP contribution in [0, 0.1) is 5.92 Å². The van der Waals surface area contributed by atoms with Gasteiger partial charge in [0.1, 0.15) is 5.69 Å². The SMILES string of the molecule is COc1cc2cc(C(=O)NCCN3CC4CC(C3)c3cccc(=O)n3C4)[nH]c2cc1OC. The van der Waals surface area contributed by atoms with E-state index in [4.69, 9.17) is 9.47 Å². The highest BCUT2D eigenvalue weighted by Gasteiger charge is 2.34. The van der Waals surface area contributed by atoms with Crippen LogP contribution >= 0.6 is 0 Å². The first-order valence-electron chi connectivity index (χ1n) is 11.0. The summed E-state index contributed by atoms with van der Waals surface area (Å²) in [5.74, 6) is 1.98. The fraction of sp³-hybridized carbons (Fsp3) is 0.417. The number of fused-ring (bicyclic) bond motifs is 5. The highest BCUT2D eigenvalue weighted by atomic mass is 16.5. The lowest BCUT2D eigenvalue weighted by Crippen LogP contribution is -2.48. The lowest BCUT2D eigenvalue weighted by molar-refractivity contribution is 0.0923. The van der Waals surface area contributed by atoms with Crippen molar-refractivity contribution in [2.75, 3.05) is 40.4 Å². The normalized spacial score (nSPS) is 20.1. The van der Waals surface area contributed by atoms with Crippen LogP contribution in [0.25, 0.3) is 10.9 Å². The summed E-state index contributed by atoms with van der Waals surface area (Å²) < 4.78 is 12.6. The number of pyridine rings is 1. The Kier molecular flexibility index (Phi) is 5.38. The van der Waals surface area contributed by atoms with Crippen LogP contribution in [0.2, 0.25) is 0 Å². The number of aromatic amines is 1. The van der Waals surface area contributed by atoms with Crippen molar-refractivity contribution in [1.29, 1.82) is 0 Å². The number of methoxy groups -OCH3 is 2. The fourth-order valence-electron chi connectivity index (χ4n) is 5.18.